The largest absolute Gasteiger partial charge is 0.372 e. The molecule has 3 rings (SSSR count). The van der Waals surface area contributed by atoms with Crippen LogP contribution in [0.1, 0.15) is 37.8 Å². The van der Waals surface area contributed by atoms with Crippen molar-refractivity contribution >= 4 is 5.91 Å². The summed E-state index contributed by atoms with van der Waals surface area (Å²) in [4.78, 5) is 17.2. The second-order valence-corrected chi connectivity index (χ2v) is 7.36. The van der Waals surface area contributed by atoms with Crippen molar-refractivity contribution in [3.8, 4) is 6.07 Å². The molecule has 2 heterocycles. The van der Waals surface area contributed by atoms with E-state index in [4.69, 9.17) is 10.00 Å². The van der Waals surface area contributed by atoms with E-state index in [1.165, 1.54) is 5.56 Å². The van der Waals surface area contributed by atoms with Crippen molar-refractivity contribution < 1.29 is 9.53 Å². The van der Waals surface area contributed by atoms with Crippen LogP contribution in [0.15, 0.2) is 24.3 Å². The van der Waals surface area contributed by atoms with Crippen LogP contribution in [0.3, 0.4) is 0 Å². The molecule has 1 amide bonds. The Kier molecular flexibility index (Phi) is 5.72. The smallest absolute Gasteiger partial charge is 0.225 e. The second kappa shape index (κ2) is 7.99. The number of hydrogen-bond acceptors (Lipinski definition) is 4. The van der Waals surface area contributed by atoms with Gasteiger partial charge in [-0.05, 0) is 57.5 Å². The third-order valence-corrected chi connectivity index (χ3v) is 5.13. The summed E-state index contributed by atoms with van der Waals surface area (Å²) in [5, 5.41) is 9.01. The van der Waals surface area contributed by atoms with E-state index < -0.39 is 0 Å². The van der Waals surface area contributed by atoms with E-state index in [-0.39, 0.29) is 18.1 Å². The molecule has 0 aliphatic carbocycles. The number of carbonyl (C=O) groups excluding carboxylic acids is 1. The molecule has 0 saturated carbocycles. The van der Waals surface area contributed by atoms with Crippen molar-refractivity contribution in [3.63, 3.8) is 0 Å². The molecule has 2 saturated heterocycles. The maximum absolute atomic E-state index is 12.8. The molecule has 0 spiro atoms. The van der Waals surface area contributed by atoms with Crippen molar-refractivity contribution in [1.29, 1.82) is 5.26 Å². The number of ether oxygens (including phenoxy) is 1. The van der Waals surface area contributed by atoms with Crippen LogP contribution in [0.25, 0.3) is 0 Å². The van der Waals surface area contributed by atoms with Crippen molar-refractivity contribution in [1.82, 2.24) is 9.80 Å². The summed E-state index contributed by atoms with van der Waals surface area (Å²) in [5.41, 5.74) is 1.87. The summed E-state index contributed by atoms with van der Waals surface area (Å²) in [6, 6.07) is 9.97. The average Bonchev–Trinajstić information content (AvgIpc) is 2.61. The number of carbonyl (C=O) groups is 1. The maximum atomic E-state index is 12.8. The fourth-order valence-electron chi connectivity index (χ4n) is 3.95. The van der Waals surface area contributed by atoms with Gasteiger partial charge in [0.05, 0.1) is 23.8 Å². The first-order valence-electron chi connectivity index (χ1n) is 9.21. The Hall–Kier alpha value is -1.90. The van der Waals surface area contributed by atoms with Crippen LogP contribution < -0.4 is 0 Å². The van der Waals surface area contributed by atoms with Gasteiger partial charge in [0, 0.05) is 25.6 Å². The lowest BCUT2D eigenvalue weighted by atomic mass is 9.94. The average molecular weight is 341 g/mol. The molecule has 0 bridgehead atoms. The predicted octanol–water partition coefficient (Wildman–Crippen LogP) is 2.41. The lowest BCUT2D eigenvalue weighted by Crippen LogP contribution is -2.51. The fraction of sp³-hybridized carbons (Fsp3) is 0.600. The molecule has 2 fully saturated rings. The molecular weight excluding hydrogens is 314 g/mol. The van der Waals surface area contributed by atoms with E-state index in [0.29, 0.717) is 24.6 Å². The fourth-order valence-corrected chi connectivity index (χ4v) is 3.95. The Morgan fingerprint density at radius 1 is 1.24 bits per heavy atom. The summed E-state index contributed by atoms with van der Waals surface area (Å²) in [5.74, 6) is 0.437. The number of likely N-dealkylation sites (tertiary alicyclic amines) is 1. The zero-order valence-corrected chi connectivity index (χ0v) is 15.1. The molecule has 0 unspecified atom stereocenters. The highest BCUT2D eigenvalue weighted by molar-refractivity contribution is 5.79. The van der Waals surface area contributed by atoms with Gasteiger partial charge in [0.25, 0.3) is 0 Å². The van der Waals surface area contributed by atoms with Crippen LogP contribution in [0, 0.1) is 17.2 Å². The van der Waals surface area contributed by atoms with Gasteiger partial charge in [-0.1, -0.05) is 12.1 Å². The molecule has 0 radical (unpaired) electrons. The Bertz CT molecular complexity index is 637. The van der Waals surface area contributed by atoms with Crippen molar-refractivity contribution in [3.05, 3.63) is 35.4 Å². The number of benzene rings is 1. The van der Waals surface area contributed by atoms with Crippen LogP contribution in [-0.2, 0) is 16.1 Å². The first kappa shape index (κ1) is 17.9. The number of nitriles is 1. The normalized spacial score (nSPS) is 25.6. The molecule has 2 atom stereocenters. The quantitative estimate of drug-likeness (QED) is 0.847. The second-order valence-electron chi connectivity index (χ2n) is 7.36. The third-order valence-electron chi connectivity index (χ3n) is 5.13. The Morgan fingerprint density at radius 3 is 2.56 bits per heavy atom. The number of amides is 1. The van der Waals surface area contributed by atoms with Gasteiger partial charge in [-0.25, -0.2) is 0 Å². The van der Waals surface area contributed by atoms with Crippen molar-refractivity contribution in [2.75, 3.05) is 26.2 Å². The van der Waals surface area contributed by atoms with Gasteiger partial charge in [-0.15, -0.1) is 0 Å². The van der Waals surface area contributed by atoms with E-state index >= 15 is 0 Å². The van der Waals surface area contributed by atoms with Crippen LogP contribution >= 0.6 is 0 Å². The molecule has 2 aliphatic rings. The molecular formula is C20H27N3O2. The number of rotatable bonds is 3. The summed E-state index contributed by atoms with van der Waals surface area (Å²) >= 11 is 0. The lowest BCUT2D eigenvalue weighted by molar-refractivity contribution is -0.148. The Balaban J connectivity index is 1.51. The van der Waals surface area contributed by atoms with Crippen LogP contribution in [0.4, 0.5) is 0 Å². The Labute approximate surface area is 150 Å². The molecule has 5 heteroatoms. The zero-order valence-electron chi connectivity index (χ0n) is 15.1. The predicted molar refractivity (Wildman–Crippen MR) is 95.7 cm³/mol. The van der Waals surface area contributed by atoms with Gasteiger partial charge < -0.3 is 9.64 Å². The topological polar surface area (TPSA) is 56.6 Å². The van der Waals surface area contributed by atoms with Crippen LogP contribution in [0.2, 0.25) is 0 Å². The molecule has 5 nitrogen and oxygen atoms in total. The van der Waals surface area contributed by atoms with E-state index in [1.54, 1.807) is 0 Å². The van der Waals surface area contributed by atoms with Gasteiger partial charge >= 0.3 is 0 Å². The highest BCUT2D eigenvalue weighted by Gasteiger charge is 2.32. The first-order chi connectivity index (χ1) is 12.0. The number of nitrogens with zero attached hydrogens (tertiary/aromatic N) is 3. The third kappa shape index (κ3) is 4.59. The van der Waals surface area contributed by atoms with Gasteiger partial charge in [0.2, 0.25) is 5.91 Å². The van der Waals surface area contributed by atoms with Gasteiger partial charge in [-0.2, -0.15) is 5.26 Å². The van der Waals surface area contributed by atoms with Gasteiger partial charge in [-0.3, -0.25) is 9.69 Å². The lowest BCUT2D eigenvalue weighted by Gasteiger charge is -2.39. The molecule has 2 aliphatic heterocycles. The van der Waals surface area contributed by atoms with E-state index in [9.17, 15) is 4.79 Å². The molecule has 0 N–H and O–H groups in total. The van der Waals surface area contributed by atoms with Gasteiger partial charge in [0.1, 0.15) is 0 Å². The number of morpholine rings is 1. The maximum Gasteiger partial charge on any atom is 0.225 e. The first-order valence-corrected chi connectivity index (χ1v) is 9.21. The van der Waals surface area contributed by atoms with E-state index in [0.717, 1.165) is 32.5 Å². The minimum atomic E-state index is 0.125. The molecule has 0 aromatic heterocycles. The highest BCUT2D eigenvalue weighted by atomic mass is 16.5. The Morgan fingerprint density at radius 2 is 1.92 bits per heavy atom. The monoisotopic (exact) mass is 341 g/mol. The summed E-state index contributed by atoms with van der Waals surface area (Å²) in [6.45, 7) is 8.21. The summed E-state index contributed by atoms with van der Waals surface area (Å²) in [6.07, 6.45) is 2.08. The molecule has 134 valence electrons. The standard InChI is InChI=1S/C20H27N3O2/c1-15-12-23(13-16(2)25-15)20(24)19-6-8-22(9-7-19)14-18-5-3-4-17(10-18)11-21/h3-5,10,15-16,19H,6-9,12-14H2,1-2H3/t15-,16+. The summed E-state index contributed by atoms with van der Waals surface area (Å²) < 4.78 is 5.73. The van der Waals surface area contributed by atoms with E-state index in [2.05, 4.69) is 17.0 Å². The van der Waals surface area contributed by atoms with E-state index in [1.807, 2.05) is 36.9 Å². The molecule has 1 aromatic carbocycles. The van der Waals surface area contributed by atoms with Gasteiger partial charge in [0.15, 0.2) is 0 Å². The highest BCUT2D eigenvalue weighted by Crippen LogP contribution is 2.23. The van der Waals surface area contributed by atoms with Crippen molar-refractivity contribution in [2.45, 2.75) is 45.4 Å². The number of piperidine rings is 1. The zero-order chi connectivity index (χ0) is 17.8. The van der Waals surface area contributed by atoms with Crippen molar-refractivity contribution in [2.24, 2.45) is 5.92 Å². The minimum absolute atomic E-state index is 0.125. The molecule has 1 aromatic rings. The number of hydrogen-bond donors (Lipinski definition) is 0. The summed E-state index contributed by atoms with van der Waals surface area (Å²) in [7, 11) is 0. The molecule has 25 heavy (non-hydrogen) atoms. The van der Waals surface area contributed by atoms with Crippen LogP contribution in [0.5, 0.6) is 0 Å². The minimum Gasteiger partial charge on any atom is -0.372 e. The van der Waals surface area contributed by atoms with Crippen LogP contribution in [-0.4, -0.2) is 54.1 Å². The SMILES string of the molecule is C[C@@H]1CN(C(=O)C2CCN(Cc3cccc(C#N)c3)CC2)C[C@H](C)O1.